The van der Waals surface area contributed by atoms with Gasteiger partial charge in [0.25, 0.3) is 0 Å². The summed E-state index contributed by atoms with van der Waals surface area (Å²) in [5.41, 5.74) is 0.302. The largest absolute Gasteiger partial charge is 0.495 e. The van der Waals surface area contributed by atoms with Crippen LogP contribution < -0.4 is 10.1 Å². The second kappa shape index (κ2) is 10.3. The quantitative estimate of drug-likeness (QED) is 0.610. The highest BCUT2D eigenvalue weighted by Gasteiger charge is 2.27. The number of ether oxygens (including phenoxy) is 1. The molecule has 2 aromatic carbocycles. The Balaban J connectivity index is 1.67. The second-order valence-electron chi connectivity index (χ2n) is 6.90. The maximum atomic E-state index is 13.7. The number of amides is 1. The molecular formula is C21H25FN2O4S2. The standard InChI is InChI=1S/C21H25FN2O4S2/c1-28-19-10-9-16(30(26,27)24-12-5-2-6-13-24)15-18(19)23-21(25)11-14-29-20-8-4-3-7-17(20)22/h3-4,7-10,15H,2,5-6,11-14H2,1H3,(H,23,25). The molecule has 0 aliphatic carbocycles. The summed E-state index contributed by atoms with van der Waals surface area (Å²) in [4.78, 5) is 13.0. The van der Waals surface area contributed by atoms with E-state index in [0.29, 0.717) is 35.2 Å². The van der Waals surface area contributed by atoms with Crippen molar-refractivity contribution < 1.29 is 22.3 Å². The zero-order chi connectivity index (χ0) is 21.6. The lowest BCUT2D eigenvalue weighted by Gasteiger charge is -2.26. The first-order chi connectivity index (χ1) is 14.4. The number of hydrogen-bond acceptors (Lipinski definition) is 5. The maximum Gasteiger partial charge on any atom is 0.243 e. The number of nitrogens with zero attached hydrogens (tertiary/aromatic N) is 1. The van der Waals surface area contributed by atoms with Gasteiger partial charge in [-0.25, -0.2) is 12.8 Å². The Morgan fingerprint density at radius 3 is 2.60 bits per heavy atom. The lowest BCUT2D eigenvalue weighted by Crippen LogP contribution is -2.35. The molecule has 0 unspecified atom stereocenters. The van der Waals surface area contributed by atoms with Crippen molar-refractivity contribution in [1.29, 1.82) is 0 Å². The Morgan fingerprint density at radius 2 is 1.90 bits per heavy atom. The topological polar surface area (TPSA) is 75.7 Å². The zero-order valence-corrected chi connectivity index (χ0v) is 18.4. The zero-order valence-electron chi connectivity index (χ0n) is 16.8. The number of carbonyl (C=O) groups is 1. The van der Waals surface area contributed by atoms with Crippen LogP contribution in [0.4, 0.5) is 10.1 Å². The number of rotatable bonds is 8. The van der Waals surface area contributed by atoms with E-state index in [9.17, 15) is 17.6 Å². The monoisotopic (exact) mass is 452 g/mol. The van der Waals surface area contributed by atoms with Crippen molar-refractivity contribution in [2.75, 3.05) is 31.3 Å². The third-order valence-corrected chi connectivity index (χ3v) is 7.77. The number of hydrogen-bond donors (Lipinski definition) is 1. The number of piperidine rings is 1. The lowest BCUT2D eigenvalue weighted by molar-refractivity contribution is -0.115. The van der Waals surface area contributed by atoms with Crippen LogP contribution in [-0.4, -0.2) is 44.6 Å². The predicted octanol–water partition coefficient (Wildman–Crippen LogP) is 4.13. The fourth-order valence-corrected chi connectivity index (χ4v) is 5.66. The van der Waals surface area contributed by atoms with Gasteiger partial charge >= 0.3 is 0 Å². The van der Waals surface area contributed by atoms with Crippen LogP contribution in [0, 0.1) is 5.82 Å². The van der Waals surface area contributed by atoms with Gasteiger partial charge < -0.3 is 10.1 Å². The van der Waals surface area contributed by atoms with E-state index in [1.165, 1.54) is 41.4 Å². The van der Waals surface area contributed by atoms with E-state index in [4.69, 9.17) is 4.74 Å². The number of sulfonamides is 1. The lowest BCUT2D eigenvalue weighted by atomic mass is 10.2. The Morgan fingerprint density at radius 1 is 1.17 bits per heavy atom. The summed E-state index contributed by atoms with van der Waals surface area (Å²) in [6.45, 7) is 1.01. The molecule has 2 aromatic rings. The molecule has 1 N–H and O–H groups in total. The molecule has 1 aliphatic rings. The smallest absolute Gasteiger partial charge is 0.243 e. The number of benzene rings is 2. The van der Waals surface area contributed by atoms with Gasteiger partial charge in [-0.1, -0.05) is 18.6 Å². The summed E-state index contributed by atoms with van der Waals surface area (Å²) >= 11 is 1.25. The van der Waals surface area contributed by atoms with E-state index >= 15 is 0 Å². The van der Waals surface area contributed by atoms with Crippen LogP contribution in [0.2, 0.25) is 0 Å². The molecule has 0 bridgehead atoms. The summed E-state index contributed by atoms with van der Waals surface area (Å²) < 4.78 is 46.3. The number of carbonyl (C=O) groups excluding carboxylic acids is 1. The number of anilines is 1. The van der Waals surface area contributed by atoms with Crippen LogP contribution in [0.3, 0.4) is 0 Å². The highest BCUT2D eigenvalue weighted by atomic mass is 32.2. The molecule has 0 atom stereocenters. The molecular weight excluding hydrogens is 427 g/mol. The van der Waals surface area contributed by atoms with Gasteiger partial charge in [-0.3, -0.25) is 4.79 Å². The summed E-state index contributed by atoms with van der Waals surface area (Å²) in [6.07, 6.45) is 2.86. The fraction of sp³-hybridized carbons (Fsp3) is 0.381. The first-order valence-corrected chi connectivity index (χ1v) is 12.2. The van der Waals surface area contributed by atoms with E-state index in [1.54, 1.807) is 24.3 Å². The van der Waals surface area contributed by atoms with E-state index < -0.39 is 10.0 Å². The van der Waals surface area contributed by atoms with Gasteiger partial charge in [0, 0.05) is 30.2 Å². The van der Waals surface area contributed by atoms with Crippen molar-refractivity contribution in [1.82, 2.24) is 4.31 Å². The van der Waals surface area contributed by atoms with Crippen molar-refractivity contribution in [2.45, 2.75) is 35.5 Å². The van der Waals surface area contributed by atoms with Crippen LogP contribution in [0.1, 0.15) is 25.7 Å². The SMILES string of the molecule is COc1ccc(S(=O)(=O)N2CCCCC2)cc1NC(=O)CCSc1ccccc1F. The highest BCUT2D eigenvalue weighted by molar-refractivity contribution is 7.99. The van der Waals surface area contributed by atoms with Crippen molar-refractivity contribution in [3.8, 4) is 5.75 Å². The summed E-state index contributed by atoms with van der Waals surface area (Å²) in [6, 6.07) is 10.9. The minimum absolute atomic E-state index is 0.126. The second-order valence-corrected chi connectivity index (χ2v) is 9.98. The summed E-state index contributed by atoms with van der Waals surface area (Å²) in [5.74, 6) is 0.147. The molecule has 9 heteroatoms. The molecule has 6 nitrogen and oxygen atoms in total. The third kappa shape index (κ3) is 5.53. The highest BCUT2D eigenvalue weighted by Crippen LogP contribution is 2.30. The molecule has 162 valence electrons. The van der Waals surface area contributed by atoms with Crippen molar-refractivity contribution >= 4 is 33.4 Å². The first-order valence-electron chi connectivity index (χ1n) is 9.77. The average Bonchev–Trinajstić information content (AvgIpc) is 2.75. The molecule has 30 heavy (non-hydrogen) atoms. The van der Waals surface area contributed by atoms with Crippen LogP contribution in [-0.2, 0) is 14.8 Å². The predicted molar refractivity (Wildman–Crippen MR) is 116 cm³/mol. The Labute approximate surface area is 180 Å². The number of thioether (sulfide) groups is 1. The normalized spacial score (nSPS) is 15.0. The summed E-state index contributed by atoms with van der Waals surface area (Å²) in [5, 5.41) is 2.72. The van der Waals surface area contributed by atoms with E-state index in [-0.39, 0.29) is 23.0 Å². The molecule has 0 radical (unpaired) electrons. The van der Waals surface area contributed by atoms with Crippen LogP contribution in [0.25, 0.3) is 0 Å². The van der Waals surface area contributed by atoms with Crippen molar-refractivity contribution in [3.05, 3.63) is 48.3 Å². The Hall–Kier alpha value is -2.10. The van der Waals surface area contributed by atoms with Gasteiger partial charge in [-0.05, 0) is 43.2 Å². The van der Waals surface area contributed by atoms with Gasteiger partial charge in [0.15, 0.2) is 0 Å². The average molecular weight is 453 g/mol. The van der Waals surface area contributed by atoms with Gasteiger partial charge in [-0.2, -0.15) is 4.31 Å². The molecule has 1 aliphatic heterocycles. The molecule has 1 saturated heterocycles. The molecule has 0 spiro atoms. The minimum Gasteiger partial charge on any atom is -0.495 e. The Kier molecular flexibility index (Phi) is 7.74. The maximum absolute atomic E-state index is 13.7. The molecule has 0 aromatic heterocycles. The number of nitrogens with one attached hydrogen (secondary N) is 1. The van der Waals surface area contributed by atoms with Crippen LogP contribution in [0.15, 0.2) is 52.3 Å². The van der Waals surface area contributed by atoms with E-state index in [0.717, 1.165) is 19.3 Å². The molecule has 1 fully saturated rings. The number of halogens is 1. The van der Waals surface area contributed by atoms with Crippen molar-refractivity contribution in [3.63, 3.8) is 0 Å². The van der Waals surface area contributed by atoms with E-state index in [1.807, 2.05) is 0 Å². The van der Waals surface area contributed by atoms with Crippen molar-refractivity contribution in [2.24, 2.45) is 0 Å². The minimum atomic E-state index is -3.62. The molecule has 1 amide bonds. The van der Waals surface area contributed by atoms with Gasteiger partial charge in [0.05, 0.1) is 17.7 Å². The fourth-order valence-electron chi connectivity index (χ4n) is 3.23. The third-order valence-electron chi connectivity index (χ3n) is 4.82. The van der Waals surface area contributed by atoms with Crippen LogP contribution >= 0.6 is 11.8 Å². The van der Waals surface area contributed by atoms with Gasteiger partial charge in [-0.15, -0.1) is 11.8 Å². The Bertz CT molecular complexity index is 992. The number of methoxy groups -OCH3 is 1. The van der Waals surface area contributed by atoms with E-state index in [2.05, 4.69) is 5.32 Å². The van der Waals surface area contributed by atoms with Gasteiger partial charge in [0.2, 0.25) is 15.9 Å². The first kappa shape index (κ1) is 22.6. The molecule has 1 heterocycles. The molecule has 0 saturated carbocycles. The van der Waals surface area contributed by atoms with Crippen LogP contribution in [0.5, 0.6) is 5.75 Å². The van der Waals surface area contributed by atoms with Gasteiger partial charge in [0.1, 0.15) is 11.6 Å². The summed E-state index contributed by atoms with van der Waals surface area (Å²) in [7, 11) is -2.17. The molecule has 3 rings (SSSR count).